The lowest BCUT2D eigenvalue weighted by atomic mass is 10.2. The number of carbonyl (C=O) groups excluding carboxylic acids is 2. The Balaban J connectivity index is 2.33. The molecule has 4 nitrogen and oxygen atoms in total. The molecule has 1 aromatic carbocycles. The van der Waals surface area contributed by atoms with E-state index in [1.807, 2.05) is 6.92 Å². The monoisotopic (exact) mass is 284 g/mol. The van der Waals surface area contributed by atoms with E-state index in [1.54, 1.807) is 0 Å². The number of hydrogen-bond acceptors (Lipinski definition) is 2. The van der Waals surface area contributed by atoms with Crippen LogP contribution in [0.15, 0.2) is 18.2 Å². The van der Waals surface area contributed by atoms with Crippen molar-refractivity contribution >= 4 is 29.1 Å². The van der Waals surface area contributed by atoms with Crippen LogP contribution in [0, 0.1) is 5.82 Å². The average molecular weight is 285 g/mol. The van der Waals surface area contributed by atoms with E-state index < -0.39 is 11.9 Å². The van der Waals surface area contributed by atoms with Crippen molar-refractivity contribution in [3.05, 3.63) is 29.0 Å². The van der Waals surface area contributed by atoms with Gasteiger partial charge in [0.05, 0.1) is 5.02 Å². The van der Waals surface area contributed by atoms with E-state index in [0.717, 1.165) is 0 Å². The molecule has 1 N–H and O–H groups in total. The van der Waals surface area contributed by atoms with Gasteiger partial charge in [-0.2, -0.15) is 0 Å². The van der Waals surface area contributed by atoms with E-state index in [0.29, 0.717) is 12.1 Å². The molecule has 1 saturated heterocycles. The molecule has 0 spiro atoms. The van der Waals surface area contributed by atoms with Crippen molar-refractivity contribution < 1.29 is 14.0 Å². The summed E-state index contributed by atoms with van der Waals surface area (Å²) in [6.45, 7) is 2.09. The fraction of sp³-hybridized carbons (Fsp3) is 0.385. The molecule has 1 aliphatic heterocycles. The largest absolute Gasteiger partial charge is 0.344 e. The second kappa shape index (κ2) is 5.57. The van der Waals surface area contributed by atoms with Crippen molar-refractivity contribution in [2.24, 2.45) is 0 Å². The number of carbonyl (C=O) groups is 2. The second-order valence-corrected chi connectivity index (χ2v) is 4.77. The van der Waals surface area contributed by atoms with E-state index in [9.17, 15) is 14.0 Å². The van der Waals surface area contributed by atoms with Crippen LogP contribution in [-0.2, 0) is 9.59 Å². The topological polar surface area (TPSA) is 49.4 Å². The van der Waals surface area contributed by atoms with Crippen LogP contribution in [0.2, 0.25) is 5.02 Å². The Morgan fingerprint density at radius 1 is 1.47 bits per heavy atom. The molecule has 0 bridgehead atoms. The Hall–Kier alpha value is -1.62. The summed E-state index contributed by atoms with van der Waals surface area (Å²) in [5.41, 5.74) is 0.506. The van der Waals surface area contributed by atoms with Crippen LogP contribution >= 0.6 is 11.6 Å². The fourth-order valence-corrected chi connectivity index (χ4v) is 2.20. The van der Waals surface area contributed by atoms with Crippen LogP contribution in [0.1, 0.15) is 19.8 Å². The van der Waals surface area contributed by atoms with Gasteiger partial charge in [-0.05, 0) is 24.6 Å². The predicted molar refractivity (Wildman–Crippen MR) is 70.6 cm³/mol. The molecule has 2 rings (SSSR count). The molecule has 6 heteroatoms. The summed E-state index contributed by atoms with van der Waals surface area (Å²) in [4.78, 5) is 25.3. The highest BCUT2D eigenvalue weighted by atomic mass is 35.5. The maximum absolute atomic E-state index is 13.1. The van der Waals surface area contributed by atoms with Crippen molar-refractivity contribution in [2.45, 2.75) is 25.8 Å². The quantitative estimate of drug-likeness (QED) is 0.904. The third-order valence-electron chi connectivity index (χ3n) is 3.08. The maximum Gasteiger partial charge on any atom is 0.249 e. The predicted octanol–water partition coefficient (Wildman–Crippen LogP) is 2.11. The van der Waals surface area contributed by atoms with Crippen molar-refractivity contribution in [3.63, 3.8) is 0 Å². The first kappa shape index (κ1) is 13.8. The van der Waals surface area contributed by atoms with Crippen LogP contribution in [0.3, 0.4) is 0 Å². The SMILES string of the molecule is CCC1NC(=O)CCN(c2ccc(F)c(Cl)c2)C1=O. The van der Waals surface area contributed by atoms with Crippen LogP contribution < -0.4 is 10.2 Å². The smallest absolute Gasteiger partial charge is 0.249 e. The number of benzene rings is 1. The van der Waals surface area contributed by atoms with Crippen LogP contribution in [-0.4, -0.2) is 24.4 Å². The van der Waals surface area contributed by atoms with Crippen LogP contribution in [0.25, 0.3) is 0 Å². The van der Waals surface area contributed by atoms with Gasteiger partial charge in [0.25, 0.3) is 0 Å². The van der Waals surface area contributed by atoms with E-state index in [2.05, 4.69) is 5.32 Å². The molecule has 1 unspecified atom stereocenters. The molecule has 2 amide bonds. The number of nitrogens with one attached hydrogen (secondary N) is 1. The minimum Gasteiger partial charge on any atom is -0.344 e. The Labute approximate surface area is 115 Å². The number of amides is 2. The molecular formula is C13H14ClFN2O2. The van der Waals surface area contributed by atoms with Crippen molar-refractivity contribution in [3.8, 4) is 0 Å². The van der Waals surface area contributed by atoms with Gasteiger partial charge in [-0.3, -0.25) is 9.59 Å². The van der Waals surface area contributed by atoms with Gasteiger partial charge in [-0.25, -0.2) is 4.39 Å². The van der Waals surface area contributed by atoms with E-state index in [-0.39, 0.29) is 29.8 Å². The summed E-state index contributed by atoms with van der Waals surface area (Å²) in [6, 6.07) is 3.56. The van der Waals surface area contributed by atoms with E-state index in [4.69, 9.17) is 11.6 Å². The van der Waals surface area contributed by atoms with Gasteiger partial charge in [-0.15, -0.1) is 0 Å². The Morgan fingerprint density at radius 2 is 2.21 bits per heavy atom. The summed E-state index contributed by atoms with van der Waals surface area (Å²) in [5.74, 6) is -0.888. The first-order valence-electron chi connectivity index (χ1n) is 6.08. The van der Waals surface area contributed by atoms with Gasteiger partial charge in [-0.1, -0.05) is 18.5 Å². The maximum atomic E-state index is 13.1. The highest BCUT2D eigenvalue weighted by Crippen LogP contribution is 2.24. The zero-order chi connectivity index (χ0) is 14.0. The Morgan fingerprint density at radius 3 is 2.84 bits per heavy atom. The van der Waals surface area contributed by atoms with Gasteiger partial charge < -0.3 is 10.2 Å². The van der Waals surface area contributed by atoms with Crippen molar-refractivity contribution in [2.75, 3.05) is 11.4 Å². The standard InChI is InChI=1S/C13H14ClFN2O2/c1-2-11-13(19)17(6-5-12(18)16-11)8-3-4-10(15)9(14)7-8/h3-4,7,11H,2,5-6H2,1H3,(H,16,18). The molecule has 0 aliphatic carbocycles. The van der Waals surface area contributed by atoms with E-state index in [1.165, 1.54) is 23.1 Å². The van der Waals surface area contributed by atoms with Gasteiger partial charge in [0.1, 0.15) is 11.9 Å². The number of anilines is 1. The third-order valence-corrected chi connectivity index (χ3v) is 3.37. The van der Waals surface area contributed by atoms with Crippen LogP contribution in [0.5, 0.6) is 0 Å². The lowest BCUT2D eigenvalue weighted by Crippen LogP contribution is -2.44. The van der Waals surface area contributed by atoms with Gasteiger partial charge in [0.15, 0.2) is 0 Å². The van der Waals surface area contributed by atoms with E-state index >= 15 is 0 Å². The van der Waals surface area contributed by atoms with Crippen molar-refractivity contribution in [1.82, 2.24) is 5.32 Å². The lowest BCUT2D eigenvalue weighted by Gasteiger charge is -2.23. The molecule has 102 valence electrons. The molecule has 0 radical (unpaired) electrons. The molecule has 1 heterocycles. The molecule has 19 heavy (non-hydrogen) atoms. The summed E-state index contributed by atoms with van der Waals surface area (Å²) in [5, 5.41) is 2.63. The number of nitrogens with zero attached hydrogens (tertiary/aromatic N) is 1. The van der Waals surface area contributed by atoms with Gasteiger partial charge in [0.2, 0.25) is 11.8 Å². The summed E-state index contributed by atoms with van der Waals surface area (Å²) >= 11 is 5.72. The zero-order valence-electron chi connectivity index (χ0n) is 10.5. The Kier molecular flexibility index (Phi) is 4.04. The molecule has 1 aliphatic rings. The minimum atomic E-state index is -0.543. The normalized spacial score (nSPS) is 20.2. The molecule has 1 aromatic rings. The summed E-state index contributed by atoms with van der Waals surface area (Å²) in [6.07, 6.45) is 0.729. The number of rotatable bonds is 2. The fourth-order valence-electron chi connectivity index (χ4n) is 2.03. The summed E-state index contributed by atoms with van der Waals surface area (Å²) < 4.78 is 13.1. The van der Waals surface area contributed by atoms with Gasteiger partial charge >= 0.3 is 0 Å². The molecule has 1 fully saturated rings. The Bertz CT molecular complexity index is 521. The highest BCUT2D eigenvalue weighted by molar-refractivity contribution is 6.31. The lowest BCUT2D eigenvalue weighted by molar-refractivity contribution is -0.125. The first-order chi connectivity index (χ1) is 9.02. The van der Waals surface area contributed by atoms with Gasteiger partial charge in [0, 0.05) is 18.7 Å². The molecular weight excluding hydrogens is 271 g/mol. The second-order valence-electron chi connectivity index (χ2n) is 4.37. The average Bonchev–Trinajstić information content (AvgIpc) is 2.53. The first-order valence-corrected chi connectivity index (χ1v) is 6.46. The van der Waals surface area contributed by atoms with Crippen LogP contribution in [0.4, 0.5) is 10.1 Å². The third kappa shape index (κ3) is 2.87. The molecule has 0 saturated carbocycles. The zero-order valence-corrected chi connectivity index (χ0v) is 11.2. The highest BCUT2D eigenvalue weighted by Gasteiger charge is 2.29. The molecule has 1 atom stereocenters. The number of hydrogen-bond donors (Lipinski definition) is 1. The number of halogens is 2. The minimum absolute atomic E-state index is 0.0399. The molecule has 0 aromatic heterocycles. The summed E-state index contributed by atoms with van der Waals surface area (Å²) in [7, 11) is 0. The van der Waals surface area contributed by atoms with Crippen molar-refractivity contribution in [1.29, 1.82) is 0 Å².